The second kappa shape index (κ2) is 8.62. The van der Waals surface area contributed by atoms with E-state index in [1.54, 1.807) is 6.08 Å². The second-order valence-corrected chi connectivity index (χ2v) is 5.41. The summed E-state index contributed by atoms with van der Waals surface area (Å²) in [6.07, 6.45) is 8.40. The maximum atomic E-state index is 12.0. The molecule has 1 aliphatic carbocycles. The van der Waals surface area contributed by atoms with E-state index < -0.39 is 0 Å². The van der Waals surface area contributed by atoms with Gasteiger partial charge in [0, 0.05) is 12.1 Å². The smallest absolute Gasteiger partial charge is 0.227 e. The zero-order chi connectivity index (χ0) is 14.9. The Morgan fingerprint density at radius 3 is 2.16 bits per heavy atom. The monoisotopic (exact) mass is 267 g/mol. The highest BCUT2D eigenvalue weighted by Gasteiger charge is 2.30. The Bertz CT molecular complexity index is 322. The van der Waals surface area contributed by atoms with Crippen LogP contribution in [0.15, 0.2) is 24.2 Å². The highest BCUT2D eigenvalue weighted by atomic mass is 16.1. The Hall–Kier alpha value is -1.45. The molecule has 1 amide bonds. The molecule has 0 aromatic heterocycles. The first-order valence-electron chi connectivity index (χ1n) is 7.09. The third kappa shape index (κ3) is 6.32. The molecule has 0 spiro atoms. The van der Waals surface area contributed by atoms with Crippen LogP contribution < -0.4 is 16.8 Å². The van der Waals surface area contributed by atoms with Crippen LogP contribution >= 0.6 is 0 Å². The molecule has 1 saturated carbocycles. The Balaban J connectivity index is 0.00000154. The van der Waals surface area contributed by atoms with Gasteiger partial charge >= 0.3 is 0 Å². The van der Waals surface area contributed by atoms with Crippen molar-refractivity contribution in [2.24, 2.45) is 22.8 Å². The van der Waals surface area contributed by atoms with E-state index in [1.807, 2.05) is 13.8 Å². The molecule has 0 heterocycles. The van der Waals surface area contributed by atoms with Gasteiger partial charge < -0.3 is 16.8 Å². The van der Waals surface area contributed by atoms with Crippen molar-refractivity contribution in [1.82, 2.24) is 5.32 Å². The Morgan fingerprint density at radius 1 is 1.21 bits per heavy atom. The van der Waals surface area contributed by atoms with E-state index in [-0.39, 0.29) is 11.8 Å². The first-order chi connectivity index (χ1) is 8.98. The van der Waals surface area contributed by atoms with Crippen LogP contribution in [0, 0.1) is 11.3 Å². The highest BCUT2D eigenvalue weighted by molar-refractivity contribution is 5.80. The summed E-state index contributed by atoms with van der Waals surface area (Å²) in [5.41, 5.74) is 11.6. The largest absolute Gasteiger partial charge is 0.405 e. The number of carbonyl (C=O) groups excluding carboxylic acids is 1. The van der Waals surface area contributed by atoms with Gasteiger partial charge in [-0.25, -0.2) is 0 Å². The lowest BCUT2D eigenvalue weighted by Gasteiger charge is -2.33. The van der Waals surface area contributed by atoms with Crippen molar-refractivity contribution in [2.45, 2.75) is 53.4 Å². The van der Waals surface area contributed by atoms with Crippen molar-refractivity contribution in [3.63, 3.8) is 0 Å². The Kier molecular flexibility index (Phi) is 7.96. The zero-order valence-corrected chi connectivity index (χ0v) is 12.7. The second-order valence-electron chi connectivity index (χ2n) is 5.41. The molecule has 0 radical (unpaired) electrons. The summed E-state index contributed by atoms with van der Waals surface area (Å²) in [7, 11) is 0. The molecular formula is C15H29N3O. The van der Waals surface area contributed by atoms with Gasteiger partial charge in [-0.15, -0.1) is 0 Å². The average Bonchev–Trinajstić information content (AvgIpc) is 2.40. The van der Waals surface area contributed by atoms with E-state index in [1.165, 1.54) is 12.4 Å². The maximum Gasteiger partial charge on any atom is 0.227 e. The molecule has 0 aromatic carbocycles. The molecule has 0 aliphatic heterocycles. The summed E-state index contributed by atoms with van der Waals surface area (Å²) < 4.78 is 0. The molecule has 110 valence electrons. The molecule has 0 bridgehead atoms. The third-order valence-electron chi connectivity index (χ3n) is 3.43. The van der Waals surface area contributed by atoms with Crippen molar-refractivity contribution in [2.75, 3.05) is 0 Å². The van der Waals surface area contributed by atoms with Gasteiger partial charge in [0.15, 0.2) is 0 Å². The van der Waals surface area contributed by atoms with Crippen LogP contribution in [0.3, 0.4) is 0 Å². The summed E-state index contributed by atoms with van der Waals surface area (Å²) >= 11 is 0. The number of allylic oxidation sites excluding steroid dienone is 1. The fourth-order valence-corrected chi connectivity index (χ4v) is 2.15. The van der Waals surface area contributed by atoms with Crippen LogP contribution in [-0.2, 0) is 4.79 Å². The summed E-state index contributed by atoms with van der Waals surface area (Å²) in [6, 6.07) is 0. The van der Waals surface area contributed by atoms with E-state index in [9.17, 15) is 4.79 Å². The van der Waals surface area contributed by atoms with Crippen molar-refractivity contribution in [3.05, 3.63) is 24.2 Å². The molecule has 5 N–H and O–H groups in total. The zero-order valence-electron chi connectivity index (χ0n) is 12.7. The van der Waals surface area contributed by atoms with Gasteiger partial charge in [-0.05, 0) is 43.4 Å². The minimum Gasteiger partial charge on any atom is -0.405 e. The predicted molar refractivity (Wildman–Crippen MR) is 80.8 cm³/mol. The van der Waals surface area contributed by atoms with Gasteiger partial charge in [-0.2, -0.15) is 0 Å². The quantitative estimate of drug-likeness (QED) is 0.687. The van der Waals surface area contributed by atoms with Crippen LogP contribution in [0.4, 0.5) is 0 Å². The molecule has 1 fully saturated rings. The van der Waals surface area contributed by atoms with E-state index in [0.29, 0.717) is 11.1 Å². The standard InChI is InChI=1S/C13H23N3O.C2H6/c1-13(2)6-3-10(4-7-13)12(17)16-11(9-15)5-8-14;1-2/h5,8-10H,3-4,6-7,14-15H2,1-2H3,(H,16,17);1-2H3/b8-5-,11-9+;. The minimum atomic E-state index is 0.0512. The number of hydrogen-bond donors (Lipinski definition) is 3. The fraction of sp³-hybridized carbons (Fsp3) is 0.667. The lowest BCUT2D eigenvalue weighted by molar-refractivity contribution is -0.125. The van der Waals surface area contributed by atoms with Crippen LogP contribution in [0.25, 0.3) is 0 Å². The van der Waals surface area contributed by atoms with Crippen molar-refractivity contribution in [3.8, 4) is 0 Å². The van der Waals surface area contributed by atoms with Crippen LogP contribution in [0.2, 0.25) is 0 Å². The van der Waals surface area contributed by atoms with Gasteiger partial charge in [-0.1, -0.05) is 27.7 Å². The number of carbonyl (C=O) groups is 1. The normalized spacial score (nSPS) is 19.7. The van der Waals surface area contributed by atoms with Gasteiger partial charge in [0.25, 0.3) is 0 Å². The fourth-order valence-electron chi connectivity index (χ4n) is 2.15. The summed E-state index contributed by atoms with van der Waals surface area (Å²) in [5, 5.41) is 2.80. The number of nitrogens with two attached hydrogens (primary N) is 2. The van der Waals surface area contributed by atoms with E-state index >= 15 is 0 Å². The molecule has 0 atom stereocenters. The number of amides is 1. The first kappa shape index (κ1) is 17.6. The molecular weight excluding hydrogens is 238 g/mol. The van der Waals surface area contributed by atoms with Gasteiger partial charge in [0.1, 0.15) is 0 Å². The summed E-state index contributed by atoms with van der Waals surface area (Å²) in [5.74, 6) is 0.152. The topological polar surface area (TPSA) is 81.1 Å². The highest BCUT2D eigenvalue weighted by Crippen LogP contribution is 2.37. The Morgan fingerprint density at radius 2 is 1.74 bits per heavy atom. The van der Waals surface area contributed by atoms with Gasteiger partial charge in [-0.3, -0.25) is 4.79 Å². The predicted octanol–water partition coefficient (Wildman–Crippen LogP) is 2.62. The van der Waals surface area contributed by atoms with Crippen LogP contribution in [-0.4, -0.2) is 5.91 Å². The molecule has 0 saturated heterocycles. The van der Waals surface area contributed by atoms with Crippen LogP contribution in [0.5, 0.6) is 0 Å². The minimum absolute atomic E-state index is 0.0512. The van der Waals surface area contributed by atoms with Crippen molar-refractivity contribution < 1.29 is 4.79 Å². The van der Waals surface area contributed by atoms with Gasteiger partial charge in [0.2, 0.25) is 5.91 Å². The summed E-state index contributed by atoms with van der Waals surface area (Å²) in [4.78, 5) is 12.0. The Labute approximate surface area is 117 Å². The molecule has 19 heavy (non-hydrogen) atoms. The molecule has 1 aliphatic rings. The summed E-state index contributed by atoms with van der Waals surface area (Å²) in [6.45, 7) is 8.51. The lowest BCUT2D eigenvalue weighted by Crippen LogP contribution is -2.34. The van der Waals surface area contributed by atoms with Crippen molar-refractivity contribution >= 4 is 5.91 Å². The SMILES string of the molecule is CC.CC1(C)CCC(C(=O)NC(/C=C\N)=C/N)CC1. The van der Waals surface area contributed by atoms with Crippen LogP contribution in [0.1, 0.15) is 53.4 Å². The van der Waals surface area contributed by atoms with Crippen molar-refractivity contribution in [1.29, 1.82) is 0 Å². The molecule has 0 unspecified atom stereocenters. The number of hydrogen-bond acceptors (Lipinski definition) is 3. The molecule has 0 aromatic rings. The molecule has 1 rings (SSSR count). The molecule has 4 nitrogen and oxygen atoms in total. The van der Waals surface area contributed by atoms with E-state index in [2.05, 4.69) is 19.2 Å². The van der Waals surface area contributed by atoms with E-state index in [4.69, 9.17) is 11.5 Å². The average molecular weight is 267 g/mol. The number of rotatable bonds is 3. The third-order valence-corrected chi connectivity index (χ3v) is 3.43. The first-order valence-corrected chi connectivity index (χ1v) is 7.09. The lowest BCUT2D eigenvalue weighted by atomic mass is 9.73. The van der Waals surface area contributed by atoms with Gasteiger partial charge in [0.05, 0.1) is 5.70 Å². The van der Waals surface area contributed by atoms with E-state index in [0.717, 1.165) is 25.7 Å². The maximum absolute atomic E-state index is 12.0. The number of nitrogens with one attached hydrogen (secondary N) is 1. The molecule has 4 heteroatoms.